The molecule has 1 aliphatic rings. The van der Waals surface area contributed by atoms with Crippen molar-refractivity contribution in [3.63, 3.8) is 0 Å². The highest BCUT2D eigenvalue weighted by atomic mass is 16.5. The number of pyridine rings is 1. The molecule has 0 radical (unpaired) electrons. The maximum absolute atomic E-state index is 12.8. The van der Waals surface area contributed by atoms with Gasteiger partial charge in [-0.05, 0) is 62.9 Å². The van der Waals surface area contributed by atoms with Gasteiger partial charge in [0.2, 0.25) is 11.8 Å². The summed E-state index contributed by atoms with van der Waals surface area (Å²) in [5.41, 5.74) is 5.33. The maximum Gasteiger partial charge on any atom is 0.254 e. The molecule has 0 spiro atoms. The van der Waals surface area contributed by atoms with Crippen LogP contribution in [0.4, 0.5) is 0 Å². The summed E-state index contributed by atoms with van der Waals surface area (Å²) in [6, 6.07) is 7.43. The normalized spacial score (nSPS) is 17.9. The molecule has 3 aromatic rings. The molecule has 0 bridgehead atoms. The van der Waals surface area contributed by atoms with Gasteiger partial charge < -0.3 is 19.7 Å². The summed E-state index contributed by atoms with van der Waals surface area (Å²) in [6.07, 6.45) is 0.989. The highest BCUT2D eigenvalue weighted by Gasteiger charge is 2.26. The fourth-order valence-corrected chi connectivity index (χ4v) is 4.93. The number of carbonyl (C=O) groups is 2. The van der Waals surface area contributed by atoms with E-state index in [2.05, 4.69) is 10.4 Å². The number of nitrogens with zero attached hydrogens (tertiary/aromatic N) is 4. The van der Waals surface area contributed by atoms with Crippen molar-refractivity contribution < 1.29 is 19.1 Å². The first kappa shape index (κ1) is 25.6. The summed E-state index contributed by atoms with van der Waals surface area (Å²) in [4.78, 5) is 32.0. The molecule has 1 aromatic carbocycles. The summed E-state index contributed by atoms with van der Waals surface area (Å²) in [6.45, 7) is 9.54. The van der Waals surface area contributed by atoms with Crippen molar-refractivity contribution in [2.24, 2.45) is 7.05 Å². The molecule has 1 N–H and O–H groups in total. The number of morpholine rings is 1. The second-order valence-corrected chi connectivity index (χ2v) is 9.57. The molecule has 36 heavy (non-hydrogen) atoms. The largest absolute Gasteiger partial charge is 0.479 e. The van der Waals surface area contributed by atoms with Crippen LogP contribution >= 0.6 is 0 Å². The van der Waals surface area contributed by atoms with Crippen molar-refractivity contribution in [1.29, 1.82) is 0 Å². The van der Waals surface area contributed by atoms with E-state index in [0.717, 1.165) is 33.4 Å². The number of aromatic nitrogens is 3. The summed E-state index contributed by atoms with van der Waals surface area (Å²) in [5.74, 6) is 0.514. The number of amides is 2. The lowest BCUT2D eigenvalue weighted by Gasteiger charge is -2.35. The number of hydrogen-bond donors (Lipinski definition) is 1. The maximum atomic E-state index is 12.8. The highest BCUT2D eigenvalue weighted by molar-refractivity contribution is 5.94. The zero-order valence-electron chi connectivity index (χ0n) is 21.9. The molecule has 2 atom stereocenters. The minimum atomic E-state index is -0.0384. The fraction of sp³-hybridized carbons (Fsp3) is 0.481. The van der Waals surface area contributed by atoms with E-state index >= 15 is 0 Å². The van der Waals surface area contributed by atoms with Crippen molar-refractivity contribution in [2.75, 3.05) is 20.2 Å². The lowest BCUT2D eigenvalue weighted by Crippen LogP contribution is -2.48. The zero-order valence-corrected chi connectivity index (χ0v) is 21.9. The third-order valence-corrected chi connectivity index (χ3v) is 6.72. The number of nitrogens with one attached hydrogen (secondary N) is 1. The SMILES string of the molecule is COc1nn(C)c2nc(C)c(CCC(=O)NCc3ccc(C(=O)N4CC(C)OC(C)C4)cc3)c(C)c12. The second kappa shape index (κ2) is 10.7. The van der Waals surface area contributed by atoms with Crippen LogP contribution in [-0.4, -0.2) is 63.9 Å². The lowest BCUT2D eigenvalue weighted by molar-refractivity contribution is -0.121. The fourth-order valence-electron chi connectivity index (χ4n) is 4.93. The molecular weight excluding hydrogens is 458 g/mol. The van der Waals surface area contributed by atoms with Gasteiger partial charge >= 0.3 is 0 Å². The Morgan fingerprint density at radius 3 is 2.44 bits per heavy atom. The number of rotatable bonds is 7. The molecule has 0 saturated carbocycles. The molecule has 3 heterocycles. The second-order valence-electron chi connectivity index (χ2n) is 9.57. The van der Waals surface area contributed by atoms with Crippen LogP contribution in [0.15, 0.2) is 24.3 Å². The van der Waals surface area contributed by atoms with Crippen molar-refractivity contribution in [1.82, 2.24) is 25.0 Å². The zero-order chi connectivity index (χ0) is 26.0. The minimum absolute atomic E-state index is 0.00847. The van der Waals surface area contributed by atoms with E-state index in [1.165, 1.54) is 0 Å². The minimum Gasteiger partial charge on any atom is -0.479 e. The Balaban J connectivity index is 1.33. The number of carbonyl (C=O) groups excluding carboxylic acids is 2. The average molecular weight is 494 g/mol. The number of aryl methyl sites for hydroxylation is 3. The molecular formula is C27H35N5O4. The Labute approximate surface area is 211 Å². The Kier molecular flexibility index (Phi) is 7.59. The molecule has 0 aliphatic carbocycles. The molecule has 1 saturated heterocycles. The van der Waals surface area contributed by atoms with E-state index in [1.54, 1.807) is 11.8 Å². The van der Waals surface area contributed by atoms with Gasteiger partial charge in [-0.15, -0.1) is 5.10 Å². The van der Waals surface area contributed by atoms with Crippen LogP contribution in [0.5, 0.6) is 5.88 Å². The van der Waals surface area contributed by atoms with E-state index in [9.17, 15) is 9.59 Å². The lowest BCUT2D eigenvalue weighted by atomic mass is 10.00. The van der Waals surface area contributed by atoms with E-state index in [1.807, 2.05) is 63.9 Å². The van der Waals surface area contributed by atoms with Gasteiger partial charge in [0.1, 0.15) is 0 Å². The van der Waals surface area contributed by atoms with E-state index in [0.29, 0.717) is 43.9 Å². The van der Waals surface area contributed by atoms with E-state index in [4.69, 9.17) is 14.5 Å². The van der Waals surface area contributed by atoms with Gasteiger partial charge in [0, 0.05) is 44.4 Å². The van der Waals surface area contributed by atoms with Crippen LogP contribution in [0.1, 0.15) is 53.0 Å². The Bertz CT molecular complexity index is 1260. The Morgan fingerprint density at radius 2 is 1.81 bits per heavy atom. The number of fused-ring (bicyclic) bond motifs is 1. The first-order valence-corrected chi connectivity index (χ1v) is 12.3. The molecule has 192 valence electrons. The summed E-state index contributed by atoms with van der Waals surface area (Å²) in [7, 11) is 3.44. The number of hydrogen-bond acceptors (Lipinski definition) is 6. The predicted octanol–water partition coefficient (Wildman–Crippen LogP) is 3.09. The topological polar surface area (TPSA) is 98.6 Å². The van der Waals surface area contributed by atoms with Gasteiger partial charge in [-0.25, -0.2) is 9.67 Å². The summed E-state index contributed by atoms with van der Waals surface area (Å²) >= 11 is 0. The van der Waals surface area contributed by atoms with Crippen LogP contribution in [0, 0.1) is 13.8 Å². The van der Waals surface area contributed by atoms with Crippen molar-refractivity contribution >= 4 is 22.8 Å². The monoisotopic (exact) mass is 493 g/mol. The van der Waals surface area contributed by atoms with Crippen LogP contribution in [0.3, 0.4) is 0 Å². The molecule has 1 fully saturated rings. The Hall–Kier alpha value is -3.46. The molecule has 1 aliphatic heterocycles. The summed E-state index contributed by atoms with van der Waals surface area (Å²) < 4.78 is 12.9. The van der Waals surface area contributed by atoms with Crippen molar-refractivity contribution in [2.45, 2.75) is 59.3 Å². The predicted molar refractivity (Wildman–Crippen MR) is 137 cm³/mol. The van der Waals surface area contributed by atoms with E-state index in [-0.39, 0.29) is 24.0 Å². The molecule has 2 amide bonds. The van der Waals surface area contributed by atoms with Crippen LogP contribution in [-0.2, 0) is 29.5 Å². The number of ether oxygens (including phenoxy) is 2. The standard InChI is InChI=1S/C27H35N5O4/c1-16-14-32(15-17(2)36-16)27(34)21-9-7-20(8-10-21)13-28-23(33)12-11-22-18(3)24-25(29-19(22)4)31(5)30-26(24)35-6/h7-10,16-17H,11-15H2,1-6H3,(H,28,33). The number of methoxy groups -OCH3 is 1. The first-order chi connectivity index (χ1) is 17.2. The van der Waals surface area contributed by atoms with Crippen LogP contribution < -0.4 is 10.1 Å². The van der Waals surface area contributed by atoms with E-state index < -0.39 is 0 Å². The average Bonchev–Trinajstić information content (AvgIpc) is 3.17. The smallest absolute Gasteiger partial charge is 0.254 e. The molecule has 9 heteroatoms. The molecule has 2 aromatic heterocycles. The van der Waals surface area contributed by atoms with Gasteiger partial charge in [-0.3, -0.25) is 9.59 Å². The molecule has 4 rings (SSSR count). The number of benzene rings is 1. The van der Waals surface area contributed by atoms with Gasteiger partial charge in [0.25, 0.3) is 5.91 Å². The third-order valence-electron chi connectivity index (χ3n) is 6.72. The van der Waals surface area contributed by atoms with Crippen LogP contribution in [0.25, 0.3) is 11.0 Å². The quantitative estimate of drug-likeness (QED) is 0.543. The van der Waals surface area contributed by atoms with Gasteiger partial charge in [-0.2, -0.15) is 0 Å². The van der Waals surface area contributed by atoms with Crippen molar-refractivity contribution in [3.8, 4) is 5.88 Å². The first-order valence-electron chi connectivity index (χ1n) is 12.3. The molecule has 9 nitrogen and oxygen atoms in total. The van der Waals surface area contributed by atoms with Gasteiger partial charge in [-0.1, -0.05) is 12.1 Å². The van der Waals surface area contributed by atoms with Crippen molar-refractivity contribution in [3.05, 3.63) is 52.2 Å². The Morgan fingerprint density at radius 1 is 1.14 bits per heavy atom. The summed E-state index contributed by atoms with van der Waals surface area (Å²) in [5, 5.41) is 8.25. The van der Waals surface area contributed by atoms with Crippen LogP contribution in [0.2, 0.25) is 0 Å². The highest BCUT2D eigenvalue weighted by Crippen LogP contribution is 2.30. The van der Waals surface area contributed by atoms with Gasteiger partial charge in [0.05, 0.1) is 24.7 Å². The molecule has 2 unspecified atom stereocenters. The van der Waals surface area contributed by atoms with Gasteiger partial charge in [0.15, 0.2) is 5.65 Å². The third kappa shape index (κ3) is 5.36.